The molecule has 0 aliphatic rings. The second kappa shape index (κ2) is 5.66. The topological polar surface area (TPSA) is 0 Å². The van der Waals surface area contributed by atoms with Gasteiger partial charge in [0.15, 0.2) is 0 Å². The van der Waals surface area contributed by atoms with Crippen LogP contribution in [0.2, 0.25) is 0 Å². The van der Waals surface area contributed by atoms with Crippen molar-refractivity contribution >= 4 is 15.9 Å². The van der Waals surface area contributed by atoms with Gasteiger partial charge in [0.2, 0.25) is 0 Å². The molecule has 0 saturated carbocycles. The summed E-state index contributed by atoms with van der Waals surface area (Å²) in [6.45, 7) is 1.26. The first-order chi connectivity index (χ1) is 6.97. The van der Waals surface area contributed by atoms with Gasteiger partial charge in [-0.05, 0) is 37.0 Å². The maximum Gasteiger partial charge on any atom is 0.0780 e. The highest BCUT2D eigenvalue weighted by atomic mass is 79.9. The van der Waals surface area contributed by atoms with Crippen molar-refractivity contribution < 1.29 is 4.48 Å². The number of benzene rings is 1. The van der Waals surface area contributed by atoms with Crippen molar-refractivity contribution in [3.8, 4) is 0 Å². The zero-order valence-corrected chi connectivity index (χ0v) is 11.5. The molecule has 0 radical (unpaired) electrons. The van der Waals surface area contributed by atoms with Crippen molar-refractivity contribution in [1.29, 1.82) is 0 Å². The summed E-state index contributed by atoms with van der Waals surface area (Å²) in [4.78, 5) is 0. The van der Waals surface area contributed by atoms with Crippen molar-refractivity contribution in [2.24, 2.45) is 0 Å². The number of nitrogens with zero attached hydrogens (tertiary/aromatic N) is 1. The van der Waals surface area contributed by atoms with E-state index >= 15 is 0 Å². The summed E-state index contributed by atoms with van der Waals surface area (Å²) < 4.78 is 2.23. The Morgan fingerprint density at radius 2 is 1.60 bits per heavy atom. The average Bonchev–Trinajstić information content (AvgIpc) is 2.14. The summed E-state index contributed by atoms with van der Waals surface area (Å²) in [5, 5.41) is 0. The normalized spacial score (nSPS) is 11.7. The molecule has 1 rings (SSSR count). The molecule has 0 bridgehead atoms. The number of hydrogen-bond acceptors (Lipinski definition) is 0. The van der Waals surface area contributed by atoms with Gasteiger partial charge in [-0.25, -0.2) is 0 Å². The highest BCUT2D eigenvalue weighted by Gasteiger charge is 2.05. The van der Waals surface area contributed by atoms with E-state index in [0.29, 0.717) is 0 Å². The van der Waals surface area contributed by atoms with Gasteiger partial charge in [-0.2, -0.15) is 0 Å². The lowest BCUT2D eigenvalue weighted by Gasteiger charge is -2.23. The third kappa shape index (κ3) is 5.95. The summed E-state index contributed by atoms with van der Waals surface area (Å²) in [6, 6.07) is 8.65. The molecule has 15 heavy (non-hydrogen) atoms. The van der Waals surface area contributed by atoms with E-state index in [0.717, 1.165) is 8.96 Å². The van der Waals surface area contributed by atoms with Crippen molar-refractivity contribution in [3.05, 3.63) is 34.3 Å². The van der Waals surface area contributed by atoms with Gasteiger partial charge in [0.05, 0.1) is 27.7 Å². The lowest BCUT2D eigenvalue weighted by atomic mass is 10.1. The third-order valence-corrected chi connectivity index (χ3v) is 2.99. The fourth-order valence-electron chi connectivity index (χ4n) is 1.57. The predicted octanol–water partition coefficient (Wildman–Crippen LogP) is 3.48. The predicted molar refractivity (Wildman–Crippen MR) is 70.0 cm³/mol. The van der Waals surface area contributed by atoms with Gasteiger partial charge >= 0.3 is 0 Å². The largest absolute Gasteiger partial charge is 0.331 e. The minimum Gasteiger partial charge on any atom is -0.331 e. The number of hydrogen-bond donors (Lipinski definition) is 0. The highest BCUT2D eigenvalue weighted by molar-refractivity contribution is 9.10. The van der Waals surface area contributed by atoms with Crippen molar-refractivity contribution in [2.45, 2.75) is 19.3 Å². The summed E-state index contributed by atoms with van der Waals surface area (Å²) >= 11 is 3.45. The van der Waals surface area contributed by atoms with Crippen LogP contribution in [-0.4, -0.2) is 32.2 Å². The van der Waals surface area contributed by atoms with Crippen molar-refractivity contribution in [1.82, 2.24) is 0 Å². The molecule has 2 heteroatoms. The van der Waals surface area contributed by atoms with Crippen LogP contribution in [-0.2, 0) is 6.42 Å². The van der Waals surface area contributed by atoms with E-state index in [4.69, 9.17) is 0 Å². The smallest absolute Gasteiger partial charge is 0.0780 e. The molecule has 0 fully saturated rings. The van der Waals surface area contributed by atoms with Crippen molar-refractivity contribution in [3.63, 3.8) is 0 Å². The lowest BCUT2D eigenvalue weighted by molar-refractivity contribution is -0.870. The zero-order valence-electron chi connectivity index (χ0n) is 9.96. The number of aryl methyl sites for hydroxylation is 1. The van der Waals surface area contributed by atoms with Crippen molar-refractivity contribution in [2.75, 3.05) is 27.7 Å². The Labute approximate surface area is 102 Å². The maximum atomic E-state index is 3.45. The molecule has 84 valence electrons. The Hall–Kier alpha value is -0.340. The second-order valence-electron chi connectivity index (χ2n) is 5.10. The SMILES string of the molecule is C[N+](C)(C)CCCCc1ccc(Br)cc1. The van der Waals surface area contributed by atoms with Gasteiger partial charge in [0.1, 0.15) is 0 Å². The fourth-order valence-corrected chi connectivity index (χ4v) is 1.83. The van der Waals surface area contributed by atoms with E-state index < -0.39 is 0 Å². The average molecular weight is 271 g/mol. The van der Waals surface area contributed by atoms with Crippen LogP contribution >= 0.6 is 15.9 Å². The molecule has 0 heterocycles. The van der Waals surface area contributed by atoms with Crippen LogP contribution < -0.4 is 0 Å². The first-order valence-corrected chi connectivity index (χ1v) is 6.31. The van der Waals surface area contributed by atoms with Gasteiger partial charge in [-0.1, -0.05) is 28.1 Å². The lowest BCUT2D eigenvalue weighted by Crippen LogP contribution is -2.35. The second-order valence-corrected chi connectivity index (χ2v) is 6.01. The molecule has 0 spiro atoms. The molecule has 0 N–H and O–H groups in total. The molecule has 0 amide bonds. The van der Waals surface area contributed by atoms with E-state index in [9.17, 15) is 0 Å². The van der Waals surface area contributed by atoms with Crippen LogP contribution in [0.4, 0.5) is 0 Å². The van der Waals surface area contributed by atoms with Gasteiger partial charge in [0.25, 0.3) is 0 Å². The molecule has 0 unspecified atom stereocenters. The molecular formula is C13H21BrN+. The van der Waals surface area contributed by atoms with E-state index in [1.807, 2.05) is 0 Å². The molecule has 0 aromatic heterocycles. The minimum absolute atomic E-state index is 1.07. The quantitative estimate of drug-likeness (QED) is 0.568. The highest BCUT2D eigenvalue weighted by Crippen LogP contribution is 2.12. The van der Waals surface area contributed by atoms with Crippen LogP contribution in [0, 0.1) is 0 Å². The molecule has 0 saturated heterocycles. The van der Waals surface area contributed by atoms with Gasteiger partial charge in [-0.3, -0.25) is 0 Å². The molecule has 0 atom stereocenters. The van der Waals surface area contributed by atoms with Gasteiger partial charge < -0.3 is 4.48 Å². The van der Waals surface area contributed by atoms with E-state index in [1.165, 1.54) is 31.4 Å². The van der Waals surface area contributed by atoms with E-state index in [1.54, 1.807) is 0 Å². The summed E-state index contributed by atoms with van der Waals surface area (Å²) in [5.74, 6) is 0. The molecule has 1 aromatic carbocycles. The van der Waals surface area contributed by atoms with Gasteiger partial charge in [0, 0.05) is 4.47 Å². The molecular weight excluding hydrogens is 250 g/mol. The Kier molecular flexibility index (Phi) is 4.81. The molecule has 0 aliphatic heterocycles. The standard InChI is InChI=1S/C13H21BrN/c1-15(2,3)11-5-4-6-12-7-9-13(14)10-8-12/h7-10H,4-6,11H2,1-3H3/q+1. The van der Waals surface area contributed by atoms with Crippen LogP contribution in [0.15, 0.2) is 28.7 Å². The van der Waals surface area contributed by atoms with E-state index in [2.05, 4.69) is 61.3 Å². The summed E-state index contributed by atoms with van der Waals surface area (Å²) in [7, 11) is 6.75. The Morgan fingerprint density at radius 3 is 2.13 bits per heavy atom. The van der Waals surface area contributed by atoms with Crippen LogP contribution in [0.3, 0.4) is 0 Å². The van der Waals surface area contributed by atoms with Gasteiger partial charge in [-0.15, -0.1) is 0 Å². The van der Waals surface area contributed by atoms with Crippen LogP contribution in [0.5, 0.6) is 0 Å². The first kappa shape index (κ1) is 12.7. The van der Waals surface area contributed by atoms with Crippen LogP contribution in [0.25, 0.3) is 0 Å². The minimum atomic E-state index is 1.07. The number of halogens is 1. The Bertz CT molecular complexity index is 284. The molecule has 1 nitrogen and oxygen atoms in total. The fraction of sp³-hybridized carbons (Fsp3) is 0.538. The monoisotopic (exact) mass is 270 g/mol. The Balaban J connectivity index is 2.23. The zero-order chi connectivity index (χ0) is 11.3. The number of rotatable bonds is 5. The molecule has 0 aliphatic carbocycles. The van der Waals surface area contributed by atoms with E-state index in [-0.39, 0.29) is 0 Å². The van der Waals surface area contributed by atoms with Crippen LogP contribution in [0.1, 0.15) is 18.4 Å². The molecule has 1 aromatic rings. The Morgan fingerprint density at radius 1 is 1.00 bits per heavy atom. The summed E-state index contributed by atoms with van der Waals surface area (Å²) in [6.07, 6.45) is 3.80. The maximum absolute atomic E-state index is 3.45. The number of quaternary nitrogens is 1. The first-order valence-electron chi connectivity index (χ1n) is 5.52. The third-order valence-electron chi connectivity index (χ3n) is 2.46. The summed E-state index contributed by atoms with van der Waals surface area (Å²) in [5.41, 5.74) is 1.44. The number of unbranched alkanes of at least 4 members (excludes halogenated alkanes) is 1.